The molecule has 7 nitrogen and oxygen atoms in total. The molecule has 2 aliphatic rings. The molecule has 4 rings (SSSR count). The summed E-state index contributed by atoms with van der Waals surface area (Å²) in [5.74, 6) is 0.433. The summed E-state index contributed by atoms with van der Waals surface area (Å²) in [4.78, 5) is 15.3. The van der Waals surface area contributed by atoms with Crippen LogP contribution >= 0.6 is 0 Å². The van der Waals surface area contributed by atoms with Crippen LogP contribution in [0.25, 0.3) is 11.3 Å². The largest absolute Gasteiger partial charge is 0.507 e. The average molecular weight is 412 g/mol. The molecule has 0 bridgehead atoms. The van der Waals surface area contributed by atoms with Gasteiger partial charge in [-0.25, -0.2) is 0 Å². The number of carbonyl (C=O) groups is 1. The maximum Gasteiger partial charge on any atom is 0.312 e. The summed E-state index contributed by atoms with van der Waals surface area (Å²) in [5, 5.41) is 18.5. The minimum Gasteiger partial charge on any atom is -0.507 e. The van der Waals surface area contributed by atoms with E-state index in [4.69, 9.17) is 9.47 Å². The Morgan fingerprint density at radius 2 is 2.00 bits per heavy atom. The number of piperidine rings is 1. The first-order valence-electron chi connectivity index (χ1n) is 10.7. The van der Waals surface area contributed by atoms with Crippen molar-refractivity contribution in [3.63, 3.8) is 0 Å². The summed E-state index contributed by atoms with van der Waals surface area (Å²) in [6.07, 6.45) is 5.07. The maximum absolute atomic E-state index is 13.0. The van der Waals surface area contributed by atoms with Gasteiger partial charge in [0.05, 0.1) is 29.6 Å². The van der Waals surface area contributed by atoms with Crippen molar-refractivity contribution in [1.82, 2.24) is 10.2 Å². The molecule has 0 atom stereocenters. The summed E-state index contributed by atoms with van der Waals surface area (Å²) in [5.41, 5.74) is 1.81. The van der Waals surface area contributed by atoms with E-state index in [1.165, 1.54) is 0 Å². The van der Waals surface area contributed by atoms with Crippen molar-refractivity contribution in [2.75, 3.05) is 37.8 Å². The minimum atomic E-state index is -0.433. The molecular weight excluding hydrogens is 382 g/mol. The summed E-state index contributed by atoms with van der Waals surface area (Å²) < 4.78 is 11.1. The molecule has 1 aromatic carbocycles. The van der Waals surface area contributed by atoms with Gasteiger partial charge in [-0.2, -0.15) is 10.2 Å². The van der Waals surface area contributed by atoms with Crippen LogP contribution in [0.4, 0.5) is 5.69 Å². The van der Waals surface area contributed by atoms with Gasteiger partial charge in [-0.05, 0) is 56.7 Å². The molecule has 160 valence electrons. The fourth-order valence-corrected chi connectivity index (χ4v) is 4.82. The lowest BCUT2D eigenvalue weighted by Gasteiger charge is -2.46. The Morgan fingerprint density at radius 1 is 1.27 bits per heavy atom. The topological polar surface area (TPSA) is 84.8 Å². The number of phenols is 1. The average Bonchev–Trinajstić information content (AvgIpc) is 2.80. The fourth-order valence-electron chi connectivity index (χ4n) is 4.82. The number of aromatic nitrogens is 2. The van der Waals surface area contributed by atoms with Crippen LogP contribution in [0.15, 0.2) is 36.5 Å². The first-order valence-corrected chi connectivity index (χ1v) is 10.7. The molecule has 7 heteroatoms. The van der Waals surface area contributed by atoms with Gasteiger partial charge in [-0.1, -0.05) is 12.1 Å². The van der Waals surface area contributed by atoms with E-state index >= 15 is 0 Å². The number of phenolic OH excluding ortho intramolecular Hbond substituents is 1. The molecule has 2 aromatic rings. The standard InChI is InChI=1S/C23H29N3O4/c1-2-30-22(28)23(17-7-13-29-14-8-17)9-11-26(12-10-23)18-15-20(25-24-16-18)19-5-3-4-6-21(19)27/h3-6,15-17,27H,2,7-14H2,1H3. The number of anilines is 1. The van der Waals surface area contributed by atoms with Crippen molar-refractivity contribution in [3.8, 4) is 17.0 Å². The third-order valence-corrected chi connectivity index (χ3v) is 6.53. The van der Waals surface area contributed by atoms with Crippen molar-refractivity contribution in [2.45, 2.75) is 32.6 Å². The van der Waals surface area contributed by atoms with Gasteiger partial charge in [-0.3, -0.25) is 4.79 Å². The predicted molar refractivity (Wildman–Crippen MR) is 113 cm³/mol. The second-order valence-corrected chi connectivity index (χ2v) is 8.07. The van der Waals surface area contributed by atoms with Gasteiger partial charge in [0.2, 0.25) is 0 Å². The molecule has 30 heavy (non-hydrogen) atoms. The monoisotopic (exact) mass is 411 g/mol. The molecule has 3 heterocycles. The molecule has 2 fully saturated rings. The first-order chi connectivity index (χ1) is 14.6. The second-order valence-electron chi connectivity index (χ2n) is 8.07. The number of aromatic hydroxyl groups is 1. The number of para-hydroxylation sites is 1. The molecule has 0 saturated carbocycles. The van der Waals surface area contributed by atoms with Crippen LogP contribution < -0.4 is 4.90 Å². The smallest absolute Gasteiger partial charge is 0.312 e. The van der Waals surface area contributed by atoms with Crippen LogP contribution in [-0.2, 0) is 14.3 Å². The number of carbonyl (C=O) groups excluding carboxylic acids is 1. The van der Waals surface area contributed by atoms with Crippen LogP contribution in [-0.4, -0.2) is 54.2 Å². The number of hydrogen-bond donors (Lipinski definition) is 1. The van der Waals surface area contributed by atoms with Crippen LogP contribution in [0.1, 0.15) is 32.6 Å². The highest BCUT2D eigenvalue weighted by Crippen LogP contribution is 2.45. The van der Waals surface area contributed by atoms with E-state index in [1.807, 2.05) is 25.1 Å². The van der Waals surface area contributed by atoms with E-state index in [1.54, 1.807) is 18.3 Å². The third-order valence-electron chi connectivity index (χ3n) is 6.53. The predicted octanol–water partition coefficient (Wildman–Crippen LogP) is 3.43. The van der Waals surface area contributed by atoms with Gasteiger partial charge >= 0.3 is 5.97 Å². The number of hydrogen-bond acceptors (Lipinski definition) is 7. The lowest BCUT2D eigenvalue weighted by molar-refractivity contribution is -0.163. The Balaban J connectivity index is 1.53. The summed E-state index contributed by atoms with van der Waals surface area (Å²) in [6, 6.07) is 9.08. The molecule has 1 N–H and O–H groups in total. The summed E-state index contributed by atoms with van der Waals surface area (Å²) in [6.45, 7) is 5.21. The Hall–Kier alpha value is -2.67. The van der Waals surface area contributed by atoms with Crippen LogP contribution in [0, 0.1) is 11.3 Å². The zero-order valence-corrected chi connectivity index (χ0v) is 17.4. The van der Waals surface area contributed by atoms with Gasteiger partial charge < -0.3 is 19.5 Å². The molecule has 2 saturated heterocycles. The highest BCUT2D eigenvalue weighted by atomic mass is 16.5. The second kappa shape index (κ2) is 9.00. The quantitative estimate of drug-likeness (QED) is 0.755. The number of rotatable bonds is 5. The van der Waals surface area contributed by atoms with Crippen molar-refractivity contribution in [1.29, 1.82) is 0 Å². The number of esters is 1. The number of nitrogens with zero attached hydrogens (tertiary/aromatic N) is 3. The molecule has 1 aromatic heterocycles. The highest BCUT2D eigenvalue weighted by Gasteiger charge is 2.49. The van der Waals surface area contributed by atoms with E-state index in [0.717, 1.165) is 44.5 Å². The Labute approximate surface area is 177 Å². The zero-order valence-electron chi connectivity index (χ0n) is 17.4. The van der Waals surface area contributed by atoms with E-state index in [0.29, 0.717) is 37.0 Å². The fraction of sp³-hybridized carbons (Fsp3) is 0.522. The molecule has 2 aliphatic heterocycles. The third kappa shape index (κ3) is 3.99. The Bertz CT molecular complexity index is 874. The summed E-state index contributed by atoms with van der Waals surface area (Å²) >= 11 is 0. The minimum absolute atomic E-state index is 0.0562. The normalized spacial score (nSPS) is 19.4. The zero-order chi connectivity index (χ0) is 21.0. The SMILES string of the molecule is CCOC(=O)C1(C2CCOCC2)CCN(c2cnnc(-c3ccccc3O)c2)CC1. The van der Waals surface area contributed by atoms with Gasteiger partial charge in [0, 0.05) is 31.9 Å². The van der Waals surface area contributed by atoms with E-state index in [-0.39, 0.29) is 11.7 Å². The Kier molecular flexibility index (Phi) is 6.18. The molecule has 0 amide bonds. The highest BCUT2D eigenvalue weighted by molar-refractivity contribution is 5.78. The van der Waals surface area contributed by atoms with Gasteiger partial charge in [-0.15, -0.1) is 0 Å². The maximum atomic E-state index is 13.0. The van der Waals surface area contributed by atoms with Crippen LogP contribution in [0.3, 0.4) is 0 Å². The van der Waals surface area contributed by atoms with Crippen molar-refractivity contribution in [2.24, 2.45) is 11.3 Å². The molecule has 0 radical (unpaired) electrons. The van der Waals surface area contributed by atoms with E-state index in [2.05, 4.69) is 15.1 Å². The van der Waals surface area contributed by atoms with E-state index < -0.39 is 5.41 Å². The number of ether oxygens (including phenoxy) is 2. The van der Waals surface area contributed by atoms with Crippen molar-refractivity contribution in [3.05, 3.63) is 36.5 Å². The van der Waals surface area contributed by atoms with Gasteiger partial charge in [0.15, 0.2) is 0 Å². The summed E-state index contributed by atoms with van der Waals surface area (Å²) in [7, 11) is 0. The molecule has 0 aliphatic carbocycles. The first kappa shape index (κ1) is 20.6. The molecule has 0 unspecified atom stereocenters. The van der Waals surface area contributed by atoms with Crippen molar-refractivity contribution < 1.29 is 19.4 Å². The van der Waals surface area contributed by atoms with Crippen molar-refractivity contribution >= 4 is 11.7 Å². The van der Waals surface area contributed by atoms with E-state index in [9.17, 15) is 9.90 Å². The molecular formula is C23H29N3O4. The Morgan fingerprint density at radius 3 is 2.70 bits per heavy atom. The number of benzene rings is 1. The molecule has 0 spiro atoms. The van der Waals surface area contributed by atoms with Crippen LogP contribution in [0.5, 0.6) is 5.75 Å². The lowest BCUT2D eigenvalue weighted by atomic mass is 9.66. The lowest BCUT2D eigenvalue weighted by Crippen LogP contribution is -2.50. The van der Waals surface area contributed by atoms with Gasteiger partial charge in [0.25, 0.3) is 0 Å². The van der Waals surface area contributed by atoms with Crippen LogP contribution in [0.2, 0.25) is 0 Å². The van der Waals surface area contributed by atoms with Gasteiger partial charge in [0.1, 0.15) is 5.75 Å².